The van der Waals surface area contributed by atoms with Gasteiger partial charge in [-0.05, 0) is 12.1 Å². The van der Waals surface area contributed by atoms with Gasteiger partial charge in [0.05, 0.1) is 15.1 Å². The highest BCUT2D eigenvalue weighted by molar-refractivity contribution is 6.50. The van der Waals surface area contributed by atoms with Gasteiger partial charge in [-0.25, -0.2) is 0 Å². The lowest BCUT2D eigenvalue weighted by Crippen LogP contribution is -2.00. The minimum atomic E-state index is -0.719. The van der Waals surface area contributed by atoms with Gasteiger partial charge in [-0.15, -0.1) is 0 Å². The summed E-state index contributed by atoms with van der Waals surface area (Å²) in [5, 5.41) is 0.330. The van der Waals surface area contributed by atoms with E-state index < -0.39 is 5.78 Å². The molecular weight excluding hydrogens is 234 g/mol. The van der Waals surface area contributed by atoms with Gasteiger partial charge in [-0.1, -0.05) is 34.8 Å². The SMILES string of the molecule is O=CC(=O)c1ccc(Cl)c(Cl)c1Cl. The van der Waals surface area contributed by atoms with Crippen molar-refractivity contribution < 1.29 is 9.59 Å². The highest BCUT2D eigenvalue weighted by Gasteiger charge is 2.13. The van der Waals surface area contributed by atoms with Crippen molar-refractivity contribution in [3.8, 4) is 0 Å². The average molecular weight is 237 g/mol. The molecule has 1 aromatic carbocycles. The standard InChI is InChI=1S/C8H3Cl3O2/c9-5-2-1-4(6(13)3-12)7(10)8(5)11/h1-3H. The van der Waals surface area contributed by atoms with E-state index >= 15 is 0 Å². The Morgan fingerprint density at radius 1 is 1.15 bits per heavy atom. The molecule has 0 aliphatic carbocycles. The van der Waals surface area contributed by atoms with E-state index in [1.54, 1.807) is 0 Å². The van der Waals surface area contributed by atoms with Crippen LogP contribution >= 0.6 is 34.8 Å². The molecule has 0 N–H and O–H groups in total. The Bertz CT molecular complexity index is 374. The van der Waals surface area contributed by atoms with Crippen molar-refractivity contribution in [2.24, 2.45) is 0 Å². The maximum atomic E-state index is 10.9. The maximum absolute atomic E-state index is 10.9. The predicted molar refractivity (Wildman–Crippen MR) is 51.9 cm³/mol. The molecule has 0 fully saturated rings. The summed E-state index contributed by atoms with van der Waals surface area (Å²) < 4.78 is 0. The van der Waals surface area contributed by atoms with Gasteiger partial charge in [0.1, 0.15) is 0 Å². The van der Waals surface area contributed by atoms with Crippen LogP contribution in [0.15, 0.2) is 12.1 Å². The minimum Gasteiger partial charge on any atom is -0.294 e. The first-order valence-electron chi connectivity index (χ1n) is 3.21. The summed E-state index contributed by atoms with van der Waals surface area (Å²) in [4.78, 5) is 21.1. The number of aldehydes is 1. The van der Waals surface area contributed by atoms with Crippen LogP contribution in [0, 0.1) is 0 Å². The van der Waals surface area contributed by atoms with Gasteiger partial charge in [0.25, 0.3) is 0 Å². The van der Waals surface area contributed by atoms with Crippen LogP contribution in [0.4, 0.5) is 0 Å². The van der Waals surface area contributed by atoms with Gasteiger partial charge in [0.2, 0.25) is 5.78 Å². The van der Waals surface area contributed by atoms with E-state index in [9.17, 15) is 9.59 Å². The number of hydrogen-bond acceptors (Lipinski definition) is 2. The normalized spacial score (nSPS) is 9.77. The van der Waals surface area contributed by atoms with Gasteiger partial charge in [0.15, 0.2) is 6.29 Å². The van der Waals surface area contributed by atoms with Gasteiger partial charge in [-0.3, -0.25) is 9.59 Å². The highest BCUT2D eigenvalue weighted by atomic mass is 35.5. The molecule has 0 saturated heterocycles. The largest absolute Gasteiger partial charge is 0.294 e. The lowest BCUT2D eigenvalue weighted by Gasteiger charge is -2.02. The summed E-state index contributed by atoms with van der Waals surface area (Å²) in [5.74, 6) is -0.719. The zero-order valence-electron chi connectivity index (χ0n) is 6.18. The highest BCUT2D eigenvalue weighted by Crippen LogP contribution is 2.32. The van der Waals surface area contributed by atoms with E-state index in [2.05, 4.69) is 0 Å². The molecule has 0 spiro atoms. The Morgan fingerprint density at radius 2 is 1.77 bits per heavy atom. The number of hydrogen-bond donors (Lipinski definition) is 0. The fourth-order valence-corrected chi connectivity index (χ4v) is 1.41. The summed E-state index contributed by atoms with van der Waals surface area (Å²) >= 11 is 16.9. The van der Waals surface area contributed by atoms with Crippen molar-refractivity contribution in [1.29, 1.82) is 0 Å². The molecule has 68 valence electrons. The van der Waals surface area contributed by atoms with E-state index in [0.29, 0.717) is 0 Å². The fraction of sp³-hybridized carbons (Fsp3) is 0. The number of ketones is 1. The number of carbonyl (C=O) groups is 2. The molecule has 13 heavy (non-hydrogen) atoms. The quantitative estimate of drug-likeness (QED) is 0.343. The van der Waals surface area contributed by atoms with E-state index in [1.165, 1.54) is 12.1 Å². The predicted octanol–water partition coefficient (Wildman–Crippen LogP) is 3.03. The van der Waals surface area contributed by atoms with Gasteiger partial charge < -0.3 is 0 Å². The molecule has 0 radical (unpaired) electrons. The van der Waals surface area contributed by atoms with E-state index in [4.69, 9.17) is 34.8 Å². The molecule has 0 aliphatic rings. The molecule has 5 heteroatoms. The Morgan fingerprint density at radius 3 is 2.31 bits per heavy atom. The topological polar surface area (TPSA) is 34.1 Å². The van der Waals surface area contributed by atoms with Crippen molar-refractivity contribution in [3.05, 3.63) is 32.8 Å². The number of Topliss-reactive ketones (excluding diaryl/α,β-unsaturated/α-hetero) is 1. The molecule has 0 saturated carbocycles. The summed E-state index contributed by atoms with van der Waals surface area (Å²) in [6.45, 7) is 0. The van der Waals surface area contributed by atoms with Gasteiger partial charge in [0, 0.05) is 5.56 Å². The fourth-order valence-electron chi connectivity index (χ4n) is 0.780. The summed E-state index contributed by atoms with van der Waals surface area (Å²) in [7, 11) is 0. The average Bonchev–Trinajstić information content (AvgIpc) is 2.13. The molecule has 0 amide bonds. The van der Waals surface area contributed by atoms with Gasteiger partial charge in [-0.2, -0.15) is 0 Å². The Kier molecular flexibility index (Phi) is 3.31. The Labute approximate surface area is 89.4 Å². The second-order valence-corrected chi connectivity index (χ2v) is 3.37. The second kappa shape index (κ2) is 4.09. The first kappa shape index (κ1) is 10.5. The van der Waals surface area contributed by atoms with Crippen LogP contribution in [0.1, 0.15) is 10.4 Å². The lowest BCUT2D eigenvalue weighted by molar-refractivity contribution is -0.104. The van der Waals surface area contributed by atoms with Crippen LogP contribution in [-0.2, 0) is 4.79 Å². The molecule has 0 aliphatic heterocycles. The molecule has 0 atom stereocenters. The molecular formula is C8H3Cl3O2. The van der Waals surface area contributed by atoms with Crippen LogP contribution in [-0.4, -0.2) is 12.1 Å². The third kappa shape index (κ3) is 2.02. The van der Waals surface area contributed by atoms with E-state index in [0.717, 1.165) is 0 Å². The number of rotatable bonds is 2. The molecule has 1 rings (SSSR count). The minimum absolute atomic E-state index is 0.00580. The maximum Gasteiger partial charge on any atom is 0.226 e. The first-order chi connectivity index (χ1) is 6.07. The molecule has 0 aromatic heterocycles. The zero-order valence-corrected chi connectivity index (χ0v) is 8.45. The smallest absolute Gasteiger partial charge is 0.226 e. The van der Waals surface area contributed by atoms with Crippen molar-refractivity contribution in [1.82, 2.24) is 0 Å². The third-order valence-corrected chi connectivity index (χ3v) is 2.70. The number of halogens is 3. The van der Waals surface area contributed by atoms with Crippen molar-refractivity contribution in [2.45, 2.75) is 0 Å². The molecule has 1 aromatic rings. The summed E-state index contributed by atoms with van der Waals surface area (Å²) in [5.41, 5.74) is 0.0612. The van der Waals surface area contributed by atoms with Crippen LogP contribution in [0.2, 0.25) is 15.1 Å². The van der Waals surface area contributed by atoms with Gasteiger partial charge >= 0.3 is 0 Å². The first-order valence-corrected chi connectivity index (χ1v) is 4.34. The van der Waals surface area contributed by atoms with E-state index in [-0.39, 0.29) is 26.9 Å². The zero-order chi connectivity index (χ0) is 10.0. The van der Waals surface area contributed by atoms with Crippen LogP contribution in [0.25, 0.3) is 0 Å². The second-order valence-electron chi connectivity index (χ2n) is 2.21. The molecule has 0 unspecified atom stereocenters. The van der Waals surface area contributed by atoms with Crippen LogP contribution in [0.5, 0.6) is 0 Å². The monoisotopic (exact) mass is 236 g/mol. The number of carbonyl (C=O) groups excluding carboxylic acids is 2. The molecule has 2 nitrogen and oxygen atoms in total. The number of benzene rings is 1. The van der Waals surface area contributed by atoms with Crippen LogP contribution < -0.4 is 0 Å². The van der Waals surface area contributed by atoms with Crippen molar-refractivity contribution >= 4 is 46.9 Å². The van der Waals surface area contributed by atoms with E-state index in [1.807, 2.05) is 0 Å². The molecule has 0 bridgehead atoms. The summed E-state index contributed by atoms with van der Waals surface area (Å²) in [6.07, 6.45) is 0.172. The Balaban J connectivity index is 3.33. The van der Waals surface area contributed by atoms with Crippen molar-refractivity contribution in [3.63, 3.8) is 0 Å². The third-order valence-electron chi connectivity index (χ3n) is 1.41. The lowest BCUT2D eigenvalue weighted by atomic mass is 10.1. The Hall–Kier alpha value is -0.570. The van der Waals surface area contributed by atoms with Crippen molar-refractivity contribution in [2.75, 3.05) is 0 Å². The van der Waals surface area contributed by atoms with Crippen LogP contribution in [0.3, 0.4) is 0 Å². The molecule has 0 heterocycles. The summed E-state index contributed by atoms with van der Waals surface area (Å²) in [6, 6.07) is 2.76.